The molecule has 6 nitrogen and oxygen atoms in total. The van der Waals surface area contributed by atoms with Crippen LogP contribution in [-0.4, -0.2) is 19.9 Å². The lowest BCUT2D eigenvalue weighted by molar-refractivity contribution is 0.668. The van der Waals surface area contributed by atoms with Gasteiger partial charge in [0.25, 0.3) is 0 Å². The Morgan fingerprint density at radius 3 is 1.88 bits per heavy atom. The van der Waals surface area contributed by atoms with E-state index in [1.807, 2.05) is 67.1 Å². The summed E-state index contributed by atoms with van der Waals surface area (Å²) in [5, 5.41) is 3.20. The second-order valence-corrected chi connectivity index (χ2v) is 14.3. The fourth-order valence-corrected chi connectivity index (χ4v) is 7.98. The van der Waals surface area contributed by atoms with Crippen LogP contribution in [0.3, 0.4) is 0 Å². The molecule has 0 amide bonds. The Hall–Kier alpha value is -7.96. The number of fused-ring (bicyclic) bond motifs is 5. The summed E-state index contributed by atoms with van der Waals surface area (Å²) in [5.74, 6) is 0. The van der Waals surface area contributed by atoms with Crippen LogP contribution in [-0.2, 0) is 0 Å². The minimum Gasteiger partial charge on any atom is -0.456 e. The van der Waals surface area contributed by atoms with Crippen molar-refractivity contribution < 1.29 is 4.42 Å². The number of hydrogen-bond acceptors (Lipinski definition) is 6. The van der Waals surface area contributed by atoms with Crippen LogP contribution in [0.5, 0.6) is 0 Å². The van der Waals surface area contributed by atoms with Crippen molar-refractivity contribution in [1.82, 2.24) is 19.9 Å². The zero-order valence-electron chi connectivity index (χ0n) is 31.2. The number of furan rings is 1. The number of pyridine rings is 4. The Bertz CT molecular complexity index is 3270. The van der Waals surface area contributed by atoms with Crippen LogP contribution >= 0.6 is 0 Å². The van der Waals surface area contributed by atoms with E-state index in [9.17, 15) is 0 Å². The van der Waals surface area contributed by atoms with Gasteiger partial charge in [0.05, 0.1) is 33.3 Å². The Morgan fingerprint density at radius 2 is 1.09 bits per heavy atom. The number of aromatic nitrogens is 4. The van der Waals surface area contributed by atoms with E-state index in [-0.39, 0.29) is 0 Å². The van der Waals surface area contributed by atoms with Crippen molar-refractivity contribution in [3.8, 4) is 44.8 Å². The summed E-state index contributed by atoms with van der Waals surface area (Å²) < 4.78 is 6.19. The monoisotopic (exact) mass is 743 g/mol. The number of anilines is 3. The van der Waals surface area contributed by atoms with Crippen LogP contribution in [0.25, 0.3) is 88.6 Å². The number of rotatable bonds is 7. The molecule has 0 saturated heterocycles. The largest absolute Gasteiger partial charge is 0.456 e. The van der Waals surface area contributed by atoms with Crippen molar-refractivity contribution in [3.63, 3.8) is 0 Å². The van der Waals surface area contributed by atoms with Crippen LogP contribution in [0.15, 0.2) is 205 Å². The van der Waals surface area contributed by atoms with E-state index in [0.29, 0.717) is 0 Å². The van der Waals surface area contributed by atoms with E-state index in [0.717, 1.165) is 106 Å². The molecule has 0 bridgehead atoms. The van der Waals surface area contributed by atoms with Crippen molar-refractivity contribution in [2.45, 2.75) is 0 Å². The Balaban J connectivity index is 0.996. The highest BCUT2D eigenvalue weighted by atomic mass is 16.3. The Labute approximate surface area is 334 Å². The van der Waals surface area contributed by atoms with Crippen LogP contribution in [0.4, 0.5) is 17.1 Å². The molecule has 0 fully saturated rings. The van der Waals surface area contributed by atoms with Gasteiger partial charge in [0.2, 0.25) is 0 Å². The predicted octanol–water partition coefficient (Wildman–Crippen LogP) is 13.6. The number of benzene rings is 6. The van der Waals surface area contributed by atoms with E-state index in [1.165, 1.54) is 0 Å². The smallest absolute Gasteiger partial charge is 0.139 e. The van der Waals surface area contributed by atoms with Crippen molar-refractivity contribution in [3.05, 3.63) is 201 Å². The molecule has 5 heterocycles. The van der Waals surface area contributed by atoms with Gasteiger partial charge < -0.3 is 9.32 Å². The molecule has 11 rings (SSSR count). The summed E-state index contributed by atoms with van der Waals surface area (Å²) in [7, 11) is 0. The maximum absolute atomic E-state index is 6.19. The SMILES string of the molecule is c1ccc(-c2cc(-c3ccc(N(c4ccc(-c5ccc6cccnc6c5)cc4)c4ccc(-c5nccc6oc7ccccc7c56)cc4)cc3)nc3cccnc23)cc1. The Morgan fingerprint density at radius 1 is 0.414 bits per heavy atom. The third-order valence-corrected chi connectivity index (χ3v) is 10.8. The highest BCUT2D eigenvalue weighted by Gasteiger charge is 2.18. The van der Waals surface area contributed by atoms with Crippen molar-refractivity contribution in [1.29, 1.82) is 0 Å². The maximum Gasteiger partial charge on any atom is 0.139 e. The summed E-state index contributed by atoms with van der Waals surface area (Å²) in [5.41, 5.74) is 15.7. The van der Waals surface area contributed by atoms with E-state index >= 15 is 0 Å². The van der Waals surface area contributed by atoms with Crippen LogP contribution in [0, 0.1) is 0 Å². The minimum absolute atomic E-state index is 0.826. The number of nitrogens with zero attached hydrogens (tertiary/aromatic N) is 5. The first-order valence-electron chi connectivity index (χ1n) is 19.3. The molecule has 6 heteroatoms. The summed E-state index contributed by atoms with van der Waals surface area (Å²) in [4.78, 5) is 21.5. The van der Waals surface area contributed by atoms with Gasteiger partial charge in [-0.2, -0.15) is 0 Å². The number of para-hydroxylation sites is 1. The molecule has 272 valence electrons. The first-order valence-corrected chi connectivity index (χ1v) is 19.3. The second-order valence-electron chi connectivity index (χ2n) is 14.3. The van der Waals surface area contributed by atoms with E-state index < -0.39 is 0 Å². The molecule has 0 spiro atoms. The quantitative estimate of drug-likeness (QED) is 0.162. The molecular formula is C52H33N5O. The molecule has 0 unspecified atom stereocenters. The standard InChI is InChI=1S/C52H33N5O/c1-2-8-35(9-3-1)44-33-47(56-45-12-7-30-54-52(44)45)37-18-24-41(25-19-37)57(40-22-16-34(17-23-40)39-15-14-36-10-6-29-53-46(36)32-39)42-26-20-38(21-27-42)51-50-43-11-4-5-13-48(43)58-49(50)28-31-55-51/h1-33H. The zero-order chi connectivity index (χ0) is 38.4. The summed E-state index contributed by atoms with van der Waals surface area (Å²) >= 11 is 0. The fourth-order valence-electron chi connectivity index (χ4n) is 7.98. The highest BCUT2D eigenvalue weighted by Crippen LogP contribution is 2.40. The van der Waals surface area contributed by atoms with Gasteiger partial charge >= 0.3 is 0 Å². The average molecular weight is 744 g/mol. The fraction of sp³-hybridized carbons (Fsp3) is 0. The lowest BCUT2D eigenvalue weighted by Crippen LogP contribution is -2.09. The van der Waals surface area contributed by atoms with Crippen LogP contribution in [0.2, 0.25) is 0 Å². The Kier molecular flexibility index (Phi) is 8.04. The lowest BCUT2D eigenvalue weighted by Gasteiger charge is -2.26. The average Bonchev–Trinajstić information content (AvgIpc) is 3.69. The van der Waals surface area contributed by atoms with Gasteiger partial charge in [0, 0.05) is 63.1 Å². The molecule has 5 aromatic heterocycles. The van der Waals surface area contributed by atoms with Gasteiger partial charge in [0.15, 0.2) is 0 Å². The van der Waals surface area contributed by atoms with Gasteiger partial charge in [-0.1, -0.05) is 103 Å². The molecule has 0 saturated carbocycles. The molecule has 0 radical (unpaired) electrons. The molecule has 0 aliphatic rings. The maximum atomic E-state index is 6.19. The van der Waals surface area contributed by atoms with Crippen molar-refractivity contribution in [2.24, 2.45) is 0 Å². The third kappa shape index (κ3) is 5.92. The van der Waals surface area contributed by atoms with E-state index in [2.05, 4.69) is 143 Å². The second kappa shape index (κ2) is 14.0. The summed E-state index contributed by atoms with van der Waals surface area (Å²) in [6, 6.07) is 63.1. The topological polar surface area (TPSA) is 67.9 Å². The normalized spacial score (nSPS) is 11.4. The van der Waals surface area contributed by atoms with Gasteiger partial charge in [-0.3, -0.25) is 15.0 Å². The van der Waals surface area contributed by atoms with Crippen LogP contribution in [0.1, 0.15) is 0 Å². The predicted molar refractivity (Wildman–Crippen MR) is 236 cm³/mol. The van der Waals surface area contributed by atoms with Crippen molar-refractivity contribution >= 4 is 60.9 Å². The third-order valence-electron chi connectivity index (χ3n) is 10.8. The number of hydrogen-bond donors (Lipinski definition) is 0. The van der Waals surface area contributed by atoms with Gasteiger partial charge in [0.1, 0.15) is 11.2 Å². The minimum atomic E-state index is 0.826. The summed E-state index contributed by atoms with van der Waals surface area (Å²) in [6.07, 6.45) is 5.49. The molecule has 0 N–H and O–H groups in total. The van der Waals surface area contributed by atoms with Crippen LogP contribution < -0.4 is 4.90 Å². The lowest BCUT2D eigenvalue weighted by atomic mass is 10.0. The van der Waals surface area contributed by atoms with E-state index in [1.54, 1.807) is 0 Å². The van der Waals surface area contributed by atoms with Crippen molar-refractivity contribution in [2.75, 3.05) is 4.90 Å². The van der Waals surface area contributed by atoms with E-state index in [4.69, 9.17) is 19.4 Å². The first kappa shape index (κ1) is 33.4. The molecular weight excluding hydrogens is 711 g/mol. The van der Waals surface area contributed by atoms with Gasteiger partial charge in [-0.15, -0.1) is 0 Å². The molecule has 0 aliphatic heterocycles. The van der Waals surface area contributed by atoms with Gasteiger partial charge in [-0.25, -0.2) is 4.98 Å². The molecule has 58 heavy (non-hydrogen) atoms. The molecule has 0 atom stereocenters. The first-order chi connectivity index (χ1) is 28.7. The van der Waals surface area contributed by atoms with Gasteiger partial charge in [-0.05, 0) is 95.6 Å². The zero-order valence-corrected chi connectivity index (χ0v) is 31.2. The molecule has 6 aromatic carbocycles. The molecule has 11 aromatic rings. The summed E-state index contributed by atoms with van der Waals surface area (Å²) in [6.45, 7) is 0. The molecule has 0 aliphatic carbocycles. The highest BCUT2D eigenvalue weighted by molar-refractivity contribution is 6.11.